The predicted octanol–water partition coefficient (Wildman–Crippen LogP) is 1.51. The molecule has 1 amide bonds. The maximum Gasteiger partial charge on any atom is 0.251 e. The number of hydrogen-bond acceptors (Lipinski definition) is 5. The minimum absolute atomic E-state index is 0.0219. The predicted molar refractivity (Wildman–Crippen MR) is 83.3 cm³/mol. The van der Waals surface area contributed by atoms with Gasteiger partial charge in [-0.05, 0) is 38.3 Å². The van der Waals surface area contributed by atoms with E-state index in [1.54, 1.807) is 18.2 Å². The first kappa shape index (κ1) is 16.7. The standard InChI is InChI=1S/C14H22N2O3S/c1-4-19-12-6-5-10(7-11(12)15)14(18)16-9(2)13(8-17)20-3/h5-7,9,13,17H,4,8,15H2,1-3H3,(H,16,18). The molecule has 1 aromatic carbocycles. The van der Waals surface area contributed by atoms with E-state index in [9.17, 15) is 9.90 Å². The van der Waals surface area contributed by atoms with E-state index in [0.29, 0.717) is 23.6 Å². The summed E-state index contributed by atoms with van der Waals surface area (Å²) in [4.78, 5) is 12.1. The maximum atomic E-state index is 12.1. The Morgan fingerprint density at radius 3 is 2.75 bits per heavy atom. The summed E-state index contributed by atoms with van der Waals surface area (Å²) in [5, 5.41) is 12.0. The van der Waals surface area contributed by atoms with E-state index in [4.69, 9.17) is 10.5 Å². The first-order chi connectivity index (χ1) is 9.53. The van der Waals surface area contributed by atoms with Gasteiger partial charge in [-0.15, -0.1) is 0 Å². The van der Waals surface area contributed by atoms with E-state index in [-0.39, 0.29) is 23.8 Å². The number of amides is 1. The molecule has 4 N–H and O–H groups in total. The van der Waals surface area contributed by atoms with Gasteiger partial charge in [0.15, 0.2) is 0 Å². The van der Waals surface area contributed by atoms with E-state index >= 15 is 0 Å². The Kier molecular flexibility index (Phi) is 6.67. The molecule has 2 unspecified atom stereocenters. The van der Waals surface area contributed by atoms with Crippen molar-refractivity contribution in [3.63, 3.8) is 0 Å². The highest BCUT2D eigenvalue weighted by Gasteiger charge is 2.18. The number of rotatable bonds is 7. The second kappa shape index (κ2) is 8.01. The second-order valence-corrected chi connectivity index (χ2v) is 5.48. The zero-order valence-corrected chi connectivity index (χ0v) is 12.9. The smallest absolute Gasteiger partial charge is 0.251 e. The molecule has 0 fully saturated rings. The summed E-state index contributed by atoms with van der Waals surface area (Å²) in [6, 6.07) is 4.84. The van der Waals surface area contributed by atoms with Gasteiger partial charge in [-0.2, -0.15) is 11.8 Å². The monoisotopic (exact) mass is 298 g/mol. The Morgan fingerprint density at radius 1 is 1.55 bits per heavy atom. The average molecular weight is 298 g/mol. The first-order valence-electron chi connectivity index (χ1n) is 6.50. The molecule has 0 bridgehead atoms. The fraction of sp³-hybridized carbons (Fsp3) is 0.500. The summed E-state index contributed by atoms with van der Waals surface area (Å²) in [7, 11) is 0. The third-order valence-electron chi connectivity index (χ3n) is 2.97. The number of ether oxygens (including phenoxy) is 1. The third kappa shape index (κ3) is 4.31. The summed E-state index contributed by atoms with van der Waals surface area (Å²) in [6.07, 6.45) is 1.90. The van der Waals surface area contributed by atoms with Gasteiger partial charge in [0.1, 0.15) is 5.75 Å². The van der Waals surface area contributed by atoms with E-state index in [1.807, 2.05) is 20.1 Å². The molecule has 1 aromatic rings. The summed E-state index contributed by atoms with van der Waals surface area (Å²) in [5.41, 5.74) is 6.76. The molecule has 1 rings (SSSR count). The molecule has 0 aliphatic carbocycles. The molecular weight excluding hydrogens is 276 g/mol. The minimum Gasteiger partial charge on any atom is -0.492 e. The Morgan fingerprint density at radius 2 is 2.25 bits per heavy atom. The summed E-state index contributed by atoms with van der Waals surface area (Å²) >= 11 is 1.52. The molecule has 2 atom stereocenters. The van der Waals surface area contributed by atoms with Gasteiger partial charge in [0, 0.05) is 16.9 Å². The number of aliphatic hydroxyl groups is 1. The van der Waals surface area contributed by atoms with Gasteiger partial charge < -0.3 is 20.9 Å². The van der Waals surface area contributed by atoms with Crippen LogP contribution in [-0.2, 0) is 0 Å². The highest BCUT2D eigenvalue weighted by molar-refractivity contribution is 7.99. The maximum absolute atomic E-state index is 12.1. The lowest BCUT2D eigenvalue weighted by atomic mass is 10.1. The number of aliphatic hydroxyl groups excluding tert-OH is 1. The van der Waals surface area contributed by atoms with Crippen LogP contribution in [0.4, 0.5) is 5.69 Å². The van der Waals surface area contributed by atoms with Crippen LogP contribution in [0.5, 0.6) is 5.75 Å². The van der Waals surface area contributed by atoms with Gasteiger partial charge in [-0.3, -0.25) is 4.79 Å². The highest BCUT2D eigenvalue weighted by atomic mass is 32.2. The van der Waals surface area contributed by atoms with Crippen molar-refractivity contribution in [3.8, 4) is 5.75 Å². The van der Waals surface area contributed by atoms with Crippen molar-refractivity contribution in [1.29, 1.82) is 0 Å². The molecule has 6 heteroatoms. The molecule has 0 radical (unpaired) electrons. The van der Waals surface area contributed by atoms with Crippen molar-refractivity contribution in [2.24, 2.45) is 0 Å². The Labute approximate surface area is 123 Å². The van der Waals surface area contributed by atoms with Crippen molar-refractivity contribution in [3.05, 3.63) is 23.8 Å². The van der Waals surface area contributed by atoms with Crippen LogP contribution in [0.15, 0.2) is 18.2 Å². The summed E-state index contributed by atoms with van der Waals surface area (Å²) < 4.78 is 5.33. The van der Waals surface area contributed by atoms with Gasteiger partial charge in [0.25, 0.3) is 5.91 Å². The van der Waals surface area contributed by atoms with Crippen LogP contribution >= 0.6 is 11.8 Å². The average Bonchev–Trinajstić information content (AvgIpc) is 2.42. The van der Waals surface area contributed by atoms with E-state index in [1.165, 1.54) is 11.8 Å². The number of carbonyl (C=O) groups excluding carboxylic acids is 1. The van der Waals surface area contributed by atoms with Crippen LogP contribution in [0, 0.1) is 0 Å². The molecule has 0 aliphatic heterocycles. The molecular formula is C14H22N2O3S. The van der Waals surface area contributed by atoms with Gasteiger partial charge in [0.05, 0.1) is 18.9 Å². The summed E-state index contributed by atoms with van der Waals surface area (Å²) in [5.74, 6) is 0.370. The van der Waals surface area contributed by atoms with Crippen LogP contribution in [0.2, 0.25) is 0 Å². The Bertz CT molecular complexity index is 450. The zero-order chi connectivity index (χ0) is 15.1. The molecule has 20 heavy (non-hydrogen) atoms. The number of anilines is 1. The SMILES string of the molecule is CCOc1ccc(C(=O)NC(C)C(CO)SC)cc1N. The number of benzene rings is 1. The van der Waals surface area contributed by atoms with Gasteiger partial charge in [-0.1, -0.05) is 0 Å². The molecule has 0 spiro atoms. The molecule has 0 saturated carbocycles. The molecule has 5 nitrogen and oxygen atoms in total. The van der Waals surface area contributed by atoms with E-state index < -0.39 is 0 Å². The summed E-state index contributed by atoms with van der Waals surface area (Å²) in [6.45, 7) is 4.29. The first-order valence-corrected chi connectivity index (χ1v) is 7.79. The van der Waals surface area contributed by atoms with Crippen molar-refractivity contribution in [1.82, 2.24) is 5.32 Å². The fourth-order valence-electron chi connectivity index (χ4n) is 1.80. The van der Waals surface area contributed by atoms with Crippen molar-refractivity contribution >= 4 is 23.4 Å². The molecule has 0 aromatic heterocycles. The highest BCUT2D eigenvalue weighted by Crippen LogP contribution is 2.22. The van der Waals surface area contributed by atoms with Crippen LogP contribution < -0.4 is 15.8 Å². The number of hydrogen-bond donors (Lipinski definition) is 3. The lowest BCUT2D eigenvalue weighted by Gasteiger charge is -2.21. The van der Waals surface area contributed by atoms with Crippen LogP contribution in [0.1, 0.15) is 24.2 Å². The Hall–Kier alpha value is -1.40. The van der Waals surface area contributed by atoms with E-state index in [0.717, 1.165) is 0 Å². The van der Waals surface area contributed by atoms with Gasteiger partial charge in [-0.25, -0.2) is 0 Å². The molecule has 0 aliphatic rings. The van der Waals surface area contributed by atoms with E-state index in [2.05, 4.69) is 5.32 Å². The normalized spacial score (nSPS) is 13.6. The third-order valence-corrected chi connectivity index (χ3v) is 4.13. The zero-order valence-electron chi connectivity index (χ0n) is 12.1. The molecule has 0 heterocycles. The quantitative estimate of drug-likeness (QED) is 0.665. The minimum atomic E-state index is -0.209. The van der Waals surface area contributed by atoms with Crippen LogP contribution in [0.25, 0.3) is 0 Å². The lowest BCUT2D eigenvalue weighted by Crippen LogP contribution is -2.41. The lowest BCUT2D eigenvalue weighted by molar-refractivity contribution is 0.0936. The molecule has 112 valence electrons. The number of nitrogens with two attached hydrogens (primary N) is 1. The number of nitrogen functional groups attached to an aromatic ring is 1. The van der Waals surface area contributed by atoms with Crippen molar-refractivity contribution < 1.29 is 14.6 Å². The largest absolute Gasteiger partial charge is 0.492 e. The van der Waals surface area contributed by atoms with Crippen LogP contribution in [0.3, 0.4) is 0 Å². The molecule has 0 saturated heterocycles. The fourth-order valence-corrected chi connectivity index (χ4v) is 2.42. The number of carbonyl (C=O) groups is 1. The van der Waals surface area contributed by atoms with Crippen LogP contribution in [-0.4, -0.2) is 41.8 Å². The van der Waals surface area contributed by atoms with Gasteiger partial charge >= 0.3 is 0 Å². The van der Waals surface area contributed by atoms with Crippen molar-refractivity contribution in [2.75, 3.05) is 25.2 Å². The second-order valence-electron chi connectivity index (χ2n) is 4.40. The number of thioether (sulfide) groups is 1. The number of nitrogens with one attached hydrogen (secondary N) is 1. The Balaban J connectivity index is 2.75. The topological polar surface area (TPSA) is 84.6 Å². The van der Waals surface area contributed by atoms with Crippen molar-refractivity contribution in [2.45, 2.75) is 25.1 Å². The van der Waals surface area contributed by atoms with Gasteiger partial charge in [0.2, 0.25) is 0 Å².